The molecule has 1 aromatic heterocycles. The number of nitrogens with zero attached hydrogens (tertiary/aromatic N) is 1. The van der Waals surface area contributed by atoms with E-state index in [0.29, 0.717) is 29.0 Å². The Bertz CT molecular complexity index is 596. The van der Waals surface area contributed by atoms with Gasteiger partial charge in [0.25, 0.3) is 5.22 Å². The lowest BCUT2D eigenvalue weighted by Crippen LogP contribution is -2.09. The Labute approximate surface area is 119 Å². The van der Waals surface area contributed by atoms with E-state index in [-0.39, 0.29) is 11.2 Å². The second kappa shape index (κ2) is 5.27. The molecule has 2 aromatic rings. The highest BCUT2D eigenvalue weighted by atomic mass is 35.5. The van der Waals surface area contributed by atoms with Gasteiger partial charge >= 0.3 is 5.97 Å². The van der Waals surface area contributed by atoms with Gasteiger partial charge < -0.3 is 9.15 Å². The lowest BCUT2D eigenvalue weighted by molar-refractivity contribution is -0.137. The van der Waals surface area contributed by atoms with Crippen LogP contribution in [0.4, 0.5) is 0 Å². The maximum absolute atomic E-state index is 11.4. The van der Waals surface area contributed by atoms with Gasteiger partial charge in [-0.1, -0.05) is 23.4 Å². The number of thioether (sulfide) groups is 1. The molecule has 0 N–H and O–H groups in total. The van der Waals surface area contributed by atoms with Crippen molar-refractivity contribution < 1.29 is 13.9 Å². The van der Waals surface area contributed by atoms with Gasteiger partial charge in [0.05, 0.1) is 12.8 Å². The number of aromatic nitrogens is 1. The summed E-state index contributed by atoms with van der Waals surface area (Å²) in [6, 6.07) is 7.31. The number of hydrogen-bond acceptors (Lipinski definition) is 5. The van der Waals surface area contributed by atoms with Crippen molar-refractivity contribution in [1.82, 2.24) is 4.98 Å². The van der Waals surface area contributed by atoms with E-state index in [2.05, 4.69) is 4.98 Å². The minimum Gasteiger partial charge on any atom is -0.465 e. The topological polar surface area (TPSA) is 52.3 Å². The van der Waals surface area contributed by atoms with E-state index in [9.17, 15) is 4.79 Å². The fourth-order valence-corrected chi connectivity index (χ4v) is 2.77. The van der Waals surface area contributed by atoms with Crippen LogP contribution in [0.25, 0.3) is 11.3 Å². The zero-order chi connectivity index (χ0) is 13.2. The van der Waals surface area contributed by atoms with Gasteiger partial charge in [0, 0.05) is 17.0 Å². The van der Waals surface area contributed by atoms with Crippen LogP contribution in [0.15, 0.2) is 40.1 Å². The molecule has 19 heavy (non-hydrogen) atoms. The molecular weight excluding hydrogens is 286 g/mol. The van der Waals surface area contributed by atoms with Crippen LogP contribution in [0.3, 0.4) is 0 Å². The fourth-order valence-electron chi connectivity index (χ4n) is 1.77. The molecule has 6 heteroatoms. The van der Waals surface area contributed by atoms with E-state index in [4.69, 9.17) is 20.8 Å². The summed E-state index contributed by atoms with van der Waals surface area (Å²) < 4.78 is 10.5. The summed E-state index contributed by atoms with van der Waals surface area (Å²) in [5.74, 6) is 0.460. The third kappa shape index (κ3) is 2.77. The van der Waals surface area contributed by atoms with E-state index in [1.807, 2.05) is 12.1 Å². The highest BCUT2D eigenvalue weighted by Crippen LogP contribution is 2.31. The summed E-state index contributed by atoms with van der Waals surface area (Å²) in [4.78, 5) is 15.5. The average Bonchev–Trinajstić information content (AvgIpc) is 3.01. The average molecular weight is 296 g/mol. The second-order valence-corrected chi connectivity index (χ2v) is 5.65. The van der Waals surface area contributed by atoms with E-state index >= 15 is 0 Å². The molecule has 0 aliphatic carbocycles. The maximum Gasteiger partial charge on any atom is 0.319 e. The third-order valence-electron chi connectivity index (χ3n) is 2.74. The fraction of sp³-hybridized carbons (Fsp3) is 0.231. The number of hydrogen-bond donors (Lipinski definition) is 0. The smallest absolute Gasteiger partial charge is 0.319 e. The quantitative estimate of drug-likeness (QED) is 0.812. The number of oxazole rings is 1. The number of rotatable bonds is 3. The van der Waals surface area contributed by atoms with Gasteiger partial charge in [0.1, 0.15) is 5.25 Å². The molecule has 3 rings (SSSR count). The molecule has 1 fully saturated rings. The molecule has 0 radical (unpaired) electrons. The van der Waals surface area contributed by atoms with Crippen LogP contribution in [0.5, 0.6) is 0 Å². The van der Waals surface area contributed by atoms with Gasteiger partial charge in [0.15, 0.2) is 5.76 Å². The highest BCUT2D eigenvalue weighted by molar-refractivity contribution is 8.00. The number of carbonyl (C=O) groups is 1. The Kier molecular flexibility index (Phi) is 3.48. The Balaban J connectivity index is 1.75. The lowest BCUT2D eigenvalue weighted by Gasteiger charge is -2.00. The second-order valence-electron chi connectivity index (χ2n) is 4.06. The first-order valence-electron chi connectivity index (χ1n) is 5.77. The van der Waals surface area contributed by atoms with Crippen molar-refractivity contribution >= 4 is 29.3 Å². The summed E-state index contributed by atoms with van der Waals surface area (Å²) in [6.07, 6.45) is 2.34. The molecule has 0 saturated carbocycles. The standard InChI is InChI=1S/C13H10ClNO3S/c14-9-3-1-8(2-4-9)10-7-15-13(18-10)19-11-5-6-17-12(11)16/h1-4,7,11H,5-6H2. The number of halogens is 1. The van der Waals surface area contributed by atoms with Crippen LogP contribution in [0, 0.1) is 0 Å². The largest absolute Gasteiger partial charge is 0.465 e. The molecule has 1 aliphatic heterocycles. The van der Waals surface area contributed by atoms with E-state index in [0.717, 1.165) is 5.56 Å². The predicted molar refractivity (Wildman–Crippen MR) is 72.2 cm³/mol. The Morgan fingerprint density at radius 1 is 1.32 bits per heavy atom. The molecule has 1 aliphatic rings. The Hall–Kier alpha value is -1.46. The SMILES string of the molecule is O=C1OCCC1Sc1ncc(-c2ccc(Cl)cc2)o1. The summed E-state index contributed by atoms with van der Waals surface area (Å²) in [7, 11) is 0. The molecule has 0 spiro atoms. The van der Waals surface area contributed by atoms with E-state index < -0.39 is 0 Å². The molecule has 1 unspecified atom stereocenters. The lowest BCUT2D eigenvalue weighted by atomic mass is 10.2. The van der Waals surface area contributed by atoms with Crippen LogP contribution in [0.2, 0.25) is 5.02 Å². The normalized spacial score (nSPS) is 18.6. The van der Waals surface area contributed by atoms with Gasteiger partial charge in [-0.05, 0) is 24.3 Å². The van der Waals surface area contributed by atoms with Crippen molar-refractivity contribution in [2.45, 2.75) is 16.9 Å². The molecule has 1 saturated heterocycles. The number of esters is 1. The van der Waals surface area contributed by atoms with Gasteiger partial charge in [-0.25, -0.2) is 4.98 Å². The molecule has 98 valence electrons. The van der Waals surface area contributed by atoms with Crippen molar-refractivity contribution in [2.75, 3.05) is 6.61 Å². The Morgan fingerprint density at radius 2 is 2.11 bits per heavy atom. The zero-order valence-electron chi connectivity index (χ0n) is 9.84. The van der Waals surface area contributed by atoms with E-state index in [1.54, 1.807) is 18.3 Å². The first kappa shape index (κ1) is 12.6. The van der Waals surface area contributed by atoms with Gasteiger partial charge in [0.2, 0.25) is 0 Å². The predicted octanol–water partition coefficient (Wildman–Crippen LogP) is 3.40. The number of cyclic esters (lactones) is 1. The summed E-state index contributed by atoms with van der Waals surface area (Å²) in [5, 5.41) is 0.942. The van der Waals surface area contributed by atoms with Crippen LogP contribution < -0.4 is 0 Å². The first-order chi connectivity index (χ1) is 9.22. The van der Waals surface area contributed by atoms with Crippen molar-refractivity contribution in [1.29, 1.82) is 0 Å². The van der Waals surface area contributed by atoms with Crippen molar-refractivity contribution in [2.24, 2.45) is 0 Å². The van der Waals surface area contributed by atoms with E-state index in [1.165, 1.54) is 11.8 Å². The van der Waals surface area contributed by atoms with Gasteiger partial charge in [-0.2, -0.15) is 0 Å². The van der Waals surface area contributed by atoms with Crippen molar-refractivity contribution in [3.05, 3.63) is 35.5 Å². The summed E-state index contributed by atoms with van der Waals surface area (Å²) >= 11 is 7.13. The van der Waals surface area contributed by atoms with Crippen LogP contribution in [-0.2, 0) is 9.53 Å². The van der Waals surface area contributed by atoms with Crippen LogP contribution >= 0.6 is 23.4 Å². The van der Waals surface area contributed by atoms with Crippen molar-refractivity contribution in [3.8, 4) is 11.3 Å². The molecular formula is C13H10ClNO3S. The maximum atomic E-state index is 11.4. The molecule has 1 aromatic carbocycles. The third-order valence-corrected chi connectivity index (χ3v) is 4.10. The van der Waals surface area contributed by atoms with Crippen LogP contribution in [0.1, 0.15) is 6.42 Å². The monoisotopic (exact) mass is 295 g/mol. The van der Waals surface area contributed by atoms with Crippen molar-refractivity contribution in [3.63, 3.8) is 0 Å². The highest BCUT2D eigenvalue weighted by Gasteiger charge is 2.29. The summed E-state index contributed by atoms with van der Waals surface area (Å²) in [5.41, 5.74) is 0.901. The first-order valence-corrected chi connectivity index (χ1v) is 7.03. The number of ether oxygens (including phenoxy) is 1. The van der Waals surface area contributed by atoms with Crippen LogP contribution in [-0.4, -0.2) is 22.8 Å². The summed E-state index contributed by atoms with van der Waals surface area (Å²) in [6.45, 7) is 0.473. The zero-order valence-corrected chi connectivity index (χ0v) is 11.4. The Morgan fingerprint density at radius 3 is 2.79 bits per heavy atom. The number of benzene rings is 1. The molecule has 2 heterocycles. The molecule has 0 amide bonds. The van der Waals surface area contributed by atoms with Gasteiger partial charge in [-0.15, -0.1) is 0 Å². The van der Waals surface area contributed by atoms with Gasteiger partial charge in [-0.3, -0.25) is 4.79 Å². The molecule has 0 bridgehead atoms. The number of carbonyl (C=O) groups excluding carboxylic acids is 1. The molecule has 1 atom stereocenters. The minimum absolute atomic E-state index is 0.198. The molecule has 4 nitrogen and oxygen atoms in total. The minimum atomic E-state index is -0.211.